The predicted octanol–water partition coefficient (Wildman–Crippen LogP) is 6.65. The Morgan fingerprint density at radius 1 is 0.667 bits per heavy atom. The number of carbonyl (C=O) groups is 1. The van der Waals surface area contributed by atoms with Crippen LogP contribution in [0.2, 0.25) is 10.3 Å². The molecule has 1 aliphatic heterocycles. The molecule has 11 heteroatoms. The summed E-state index contributed by atoms with van der Waals surface area (Å²) in [7, 11) is 0. The fourth-order valence-corrected chi connectivity index (χ4v) is 6.35. The van der Waals surface area contributed by atoms with E-state index in [-0.39, 0.29) is 5.91 Å². The van der Waals surface area contributed by atoms with Crippen LogP contribution in [-0.2, 0) is 26.2 Å². The number of rotatable bonds is 5. The Balaban J connectivity index is 1.26. The lowest BCUT2D eigenvalue weighted by atomic mass is 10.1. The molecule has 4 heterocycles. The smallest absolute Gasteiger partial charge is 0.253 e. The molecule has 0 aliphatic carbocycles. The van der Waals surface area contributed by atoms with Gasteiger partial charge in [0.05, 0.1) is 11.4 Å². The fraction of sp³-hybridized carbons (Fsp3) is 0.324. The van der Waals surface area contributed by atoms with Gasteiger partial charge in [-0.3, -0.25) is 19.6 Å². The van der Waals surface area contributed by atoms with Crippen LogP contribution in [0, 0.1) is 0 Å². The largest absolute Gasteiger partial charge is 0.339 e. The van der Waals surface area contributed by atoms with E-state index in [1.54, 1.807) is 0 Å². The van der Waals surface area contributed by atoms with Crippen molar-refractivity contribution in [1.82, 2.24) is 35.0 Å². The average molecular weight is 645 g/mol. The van der Waals surface area contributed by atoms with Crippen molar-refractivity contribution in [2.75, 3.05) is 26.2 Å². The van der Waals surface area contributed by atoms with E-state index in [1.807, 2.05) is 59.5 Å². The maximum Gasteiger partial charge on any atom is 0.253 e. The minimum atomic E-state index is 0.0710. The molecule has 1 aliphatic rings. The number of hydrogen-bond donors (Lipinski definition) is 0. The van der Waals surface area contributed by atoms with Gasteiger partial charge in [0.25, 0.3) is 5.91 Å². The quantitative estimate of drug-likeness (QED) is 0.197. The second-order valence-electron chi connectivity index (χ2n) is 11.5. The highest BCUT2D eigenvalue weighted by Gasteiger charge is 2.18. The van der Waals surface area contributed by atoms with Crippen molar-refractivity contribution in [2.45, 2.75) is 45.4 Å². The van der Waals surface area contributed by atoms with Gasteiger partial charge >= 0.3 is 0 Å². The second-order valence-corrected chi connectivity index (χ2v) is 12.2. The topological polar surface area (TPSA) is 91.5 Å². The number of aromatic nitrogens is 4. The molecule has 1 amide bonds. The molecule has 0 spiro atoms. The Kier molecular flexibility index (Phi) is 10.3. The third-order valence-electron chi connectivity index (χ3n) is 7.95. The molecule has 0 atom stereocenters. The highest BCUT2D eigenvalue weighted by Crippen LogP contribution is 2.20. The maximum absolute atomic E-state index is 13.6. The molecule has 2 aromatic carbocycles. The van der Waals surface area contributed by atoms with E-state index in [0.29, 0.717) is 49.6 Å². The zero-order valence-electron chi connectivity index (χ0n) is 25.0. The van der Waals surface area contributed by atoms with Crippen molar-refractivity contribution in [2.24, 2.45) is 0 Å². The SMILES string of the molecule is O=C(c1ccccc1)N1CCCCN(Cc2cc(Cl)nc(Cl)c2)Cc2cccc(n2)CN(Cc2ccc3nonc3c2)CCC1. The first-order valence-electron chi connectivity index (χ1n) is 15.3. The summed E-state index contributed by atoms with van der Waals surface area (Å²) in [6, 6.07) is 25.5. The van der Waals surface area contributed by atoms with Gasteiger partial charge in [-0.05, 0) is 95.8 Å². The Morgan fingerprint density at radius 2 is 1.31 bits per heavy atom. The molecule has 232 valence electrons. The maximum atomic E-state index is 13.6. The van der Waals surface area contributed by atoms with E-state index in [2.05, 4.69) is 49.4 Å². The molecular formula is C34H35Cl2N7O2. The molecule has 45 heavy (non-hydrogen) atoms. The van der Waals surface area contributed by atoms with E-state index in [0.717, 1.165) is 71.5 Å². The van der Waals surface area contributed by atoms with Crippen LogP contribution in [0.1, 0.15) is 52.1 Å². The first-order valence-corrected chi connectivity index (χ1v) is 16.0. The second kappa shape index (κ2) is 14.9. The molecule has 2 bridgehead atoms. The van der Waals surface area contributed by atoms with Gasteiger partial charge in [0.15, 0.2) is 0 Å². The Labute approximate surface area is 272 Å². The number of fused-ring (bicyclic) bond motifs is 3. The van der Waals surface area contributed by atoms with Gasteiger partial charge in [-0.15, -0.1) is 0 Å². The molecule has 5 aromatic rings. The standard InChI is InChI=1S/C34H35Cl2N7O2/c35-32-19-26(20-33(36)38-32)22-41-14-4-5-16-43(34(44)27-8-2-1-3-9-27)17-7-15-42(24-29-11-6-10-28(23-41)37-29)21-25-12-13-30-31(18-25)40-45-39-30/h1-3,6,8-13,18-20H,4-5,7,14-17,21-24H2. The number of benzene rings is 2. The lowest BCUT2D eigenvalue weighted by Crippen LogP contribution is -2.35. The predicted molar refractivity (Wildman–Crippen MR) is 175 cm³/mol. The summed E-state index contributed by atoms with van der Waals surface area (Å²) in [6.45, 7) is 5.71. The van der Waals surface area contributed by atoms with Crippen molar-refractivity contribution >= 4 is 40.1 Å². The van der Waals surface area contributed by atoms with Crippen molar-refractivity contribution in [3.05, 3.63) is 117 Å². The first-order chi connectivity index (χ1) is 22.0. The van der Waals surface area contributed by atoms with E-state index in [1.165, 1.54) is 0 Å². The van der Waals surface area contributed by atoms with Gasteiger partial charge in [0.2, 0.25) is 0 Å². The van der Waals surface area contributed by atoms with Gasteiger partial charge in [-0.2, -0.15) is 0 Å². The lowest BCUT2D eigenvalue weighted by molar-refractivity contribution is 0.0741. The summed E-state index contributed by atoms with van der Waals surface area (Å²) in [5.41, 5.74) is 6.31. The highest BCUT2D eigenvalue weighted by molar-refractivity contribution is 6.32. The van der Waals surface area contributed by atoms with Gasteiger partial charge in [0, 0.05) is 51.4 Å². The molecule has 0 radical (unpaired) electrons. The van der Waals surface area contributed by atoms with Gasteiger partial charge in [-0.25, -0.2) is 9.61 Å². The molecule has 6 rings (SSSR count). The zero-order valence-corrected chi connectivity index (χ0v) is 26.5. The monoisotopic (exact) mass is 643 g/mol. The average Bonchev–Trinajstić information content (AvgIpc) is 3.49. The molecule has 3 aromatic heterocycles. The van der Waals surface area contributed by atoms with E-state index >= 15 is 0 Å². The third kappa shape index (κ3) is 8.64. The van der Waals surface area contributed by atoms with Crippen molar-refractivity contribution in [1.29, 1.82) is 0 Å². The summed E-state index contributed by atoms with van der Waals surface area (Å²) in [4.78, 5) is 29.5. The van der Waals surface area contributed by atoms with Crippen molar-refractivity contribution in [3.8, 4) is 0 Å². The first kappa shape index (κ1) is 31.1. The van der Waals surface area contributed by atoms with Gasteiger partial charge in [-0.1, -0.05) is 53.5 Å². The van der Waals surface area contributed by atoms with Gasteiger partial charge < -0.3 is 4.90 Å². The minimum Gasteiger partial charge on any atom is -0.339 e. The van der Waals surface area contributed by atoms with Crippen LogP contribution in [0.3, 0.4) is 0 Å². The minimum absolute atomic E-state index is 0.0710. The molecule has 0 saturated carbocycles. The lowest BCUT2D eigenvalue weighted by Gasteiger charge is -2.26. The van der Waals surface area contributed by atoms with Crippen LogP contribution in [0.4, 0.5) is 0 Å². The highest BCUT2D eigenvalue weighted by atomic mass is 35.5. The fourth-order valence-electron chi connectivity index (χ4n) is 5.84. The number of pyridine rings is 2. The van der Waals surface area contributed by atoms with Crippen LogP contribution < -0.4 is 0 Å². The number of carbonyl (C=O) groups excluding carboxylic acids is 1. The normalized spacial score (nSPS) is 15.9. The van der Waals surface area contributed by atoms with Crippen LogP contribution in [0.5, 0.6) is 0 Å². The summed E-state index contributed by atoms with van der Waals surface area (Å²) in [6.07, 6.45) is 2.65. The Morgan fingerprint density at radius 3 is 2.07 bits per heavy atom. The number of halogens is 2. The van der Waals surface area contributed by atoms with Crippen LogP contribution in [-0.4, -0.2) is 67.1 Å². The molecule has 0 fully saturated rings. The van der Waals surface area contributed by atoms with Crippen LogP contribution in [0.25, 0.3) is 11.0 Å². The Bertz CT molecular complexity index is 1710. The van der Waals surface area contributed by atoms with E-state index in [4.69, 9.17) is 32.8 Å². The van der Waals surface area contributed by atoms with E-state index < -0.39 is 0 Å². The summed E-state index contributed by atoms with van der Waals surface area (Å²) in [5.74, 6) is 0.0710. The summed E-state index contributed by atoms with van der Waals surface area (Å²) in [5, 5.41) is 8.73. The molecular weight excluding hydrogens is 609 g/mol. The summed E-state index contributed by atoms with van der Waals surface area (Å²) >= 11 is 12.5. The Hall–Kier alpha value is -3.89. The third-order valence-corrected chi connectivity index (χ3v) is 8.34. The number of hydrogen-bond acceptors (Lipinski definition) is 8. The van der Waals surface area contributed by atoms with E-state index in [9.17, 15) is 4.79 Å². The number of nitrogens with zero attached hydrogens (tertiary/aromatic N) is 7. The molecule has 0 unspecified atom stereocenters. The van der Waals surface area contributed by atoms with Crippen LogP contribution >= 0.6 is 23.2 Å². The molecule has 9 nitrogen and oxygen atoms in total. The van der Waals surface area contributed by atoms with Crippen molar-refractivity contribution < 1.29 is 9.42 Å². The van der Waals surface area contributed by atoms with Crippen LogP contribution in [0.15, 0.2) is 83.5 Å². The zero-order chi connectivity index (χ0) is 31.0. The van der Waals surface area contributed by atoms with Crippen molar-refractivity contribution in [3.63, 3.8) is 0 Å². The summed E-state index contributed by atoms with van der Waals surface area (Å²) < 4.78 is 4.91. The molecule has 0 saturated heterocycles. The van der Waals surface area contributed by atoms with Gasteiger partial charge in [0.1, 0.15) is 21.3 Å². The number of amides is 1. The molecule has 0 N–H and O–H groups in total.